The summed E-state index contributed by atoms with van der Waals surface area (Å²) in [5.74, 6) is -1.98. The van der Waals surface area contributed by atoms with Gasteiger partial charge in [0.2, 0.25) is 5.95 Å². The zero-order chi connectivity index (χ0) is 28.5. The average Bonchev–Trinajstić information content (AvgIpc) is 2.87. The summed E-state index contributed by atoms with van der Waals surface area (Å²) in [6.45, 7) is 8.04. The van der Waals surface area contributed by atoms with Crippen LogP contribution in [-0.4, -0.2) is 58.4 Å². The quantitative estimate of drug-likeness (QED) is 0.324. The van der Waals surface area contributed by atoms with Gasteiger partial charge in [-0.25, -0.2) is 23.5 Å². The third-order valence-electron chi connectivity index (χ3n) is 6.69. The number of aromatic nitrogens is 4. The van der Waals surface area contributed by atoms with Crippen LogP contribution in [0.5, 0.6) is 0 Å². The van der Waals surface area contributed by atoms with E-state index in [0.717, 1.165) is 23.4 Å². The maximum atomic E-state index is 14.1. The molecule has 0 bridgehead atoms. The van der Waals surface area contributed by atoms with Crippen molar-refractivity contribution in [2.75, 3.05) is 36.0 Å². The van der Waals surface area contributed by atoms with E-state index in [1.54, 1.807) is 4.90 Å². The van der Waals surface area contributed by atoms with Gasteiger partial charge in [-0.05, 0) is 50.5 Å². The summed E-state index contributed by atoms with van der Waals surface area (Å²) in [4.78, 5) is 23.4. The van der Waals surface area contributed by atoms with E-state index in [-0.39, 0.29) is 25.0 Å². The molecule has 0 N–H and O–H groups in total. The number of carbonyl (C=O) groups is 1. The number of ether oxygens (including phenoxy) is 1. The monoisotopic (exact) mass is 550 g/mol. The van der Waals surface area contributed by atoms with Gasteiger partial charge in [0.05, 0.1) is 12.3 Å². The highest BCUT2D eigenvalue weighted by Crippen LogP contribution is 2.33. The molecular formula is C26H27F5N6O2. The Morgan fingerprint density at radius 1 is 1.13 bits per heavy atom. The molecule has 1 atom stereocenters. The number of carbonyl (C=O) groups excluding carboxylic acids is 1. The predicted molar refractivity (Wildman–Crippen MR) is 133 cm³/mol. The first-order valence-electron chi connectivity index (χ1n) is 12.3. The van der Waals surface area contributed by atoms with Crippen LogP contribution in [0.2, 0.25) is 0 Å². The standard InChI is InChI=1S/C26H27F5N6O2/c1-5-39-24(38)19-12-32-25(33-22(19)26(29,30)31)37-9-8-36(13-14(37)2)23-16(4)15(3)21(34-35-23)10-17-6-7-18(27)11-20(17)28/h6-7,11-12,14H,5,8-10,13H2,1-4H3/t14-/m1/s1. The molecule has 3 aromatic rings. The molecule has 0 unspecified atom stereocenters. The molecule has 0 radical (unpaired) electrons. The topological polar surface area (TPSA) is 84.3 Å². The lowest BCUT2D eigenvalue weighted by Crippen LogP contribution is -2.53. The smallest absolute Gasteiger partial charge is 0.434 e. The first-order chi connectivity index (χ1) is 18.4. The second kappa shape index (κ2) is 11.1. The second-order valence-corrected chi connectivity index (χ2v) is 9.27. The van der Waals surface area contributed by atoms with Crippen LogP contribution in [0.1, 0.15) is 52.3 Å². The first kappa shape index (κ1) is 28.1. The lowest BCUT2D eigenvalue weighted by molar-refractivity contribution is -0.141. The Bertz CT molecular complexity index is 1380. The number of piperazine rings is 1. The number of halogens is 5. The average molecular weight is 551 g/mol. The van der Waals surface area contributed by atoms with Gasteiger partial charge in [-0.1, -0.05) is 6.07 Å². The van der Waals surface area contributed by atoms with Crippen LogP contribution in [0, 0.1) is 25.5 Å². The van der Waals surface area contributed by atoms with E-state index in [1.807, 2.05) is 25.7 Å². The number of alkyl halides is 3. The number of benzene rings is 1. The fraction of sp³-hybridized carbons (Fsp3) is 0.423. The van der Waals surface area contributed by atoms with Gasteiger partial charge in [0, 0.05) is 44.4 Å². The lowest BCUT2D eigenvalue weighted by atomic mass is 10.0. The number of anilines is 2. The molecule has 0 aliphatic carbocycles. The van der Waals surface area contributed by atoms with Crippen molar-refractivity contribution in [1.29, 1.82) is 0 Å². The normalized spacial score (nSPS) is 16.0. The van der Waals surface area contributed by atoms with E-state index in [0.29, 0.717) is 36.7 Å². The van der Waals surface area contributed by atoms with Gasteiger partial charge < -0.3 is 14.5 Å². The van der Waals surface area contributed by atoms with Crippen molar-refractivity contribution in [2.24, 2.45) is 0 Å². The molecule has 1 fully saturated rings. The molecular weight excluding hydrogens is 523 g/mol. The zero-order valence-corrected chi connectivity index (χ0v) is 21.8. The molecule has 3 heterocycles. The molecule has 4 rings (SSSR count). The van der Waals surface area contributed by atoms with Crippen LogP contribution in [-0.2, 0) is 17.3 Å². The van der Waals surface area contributed by atoms with Crippen molar-refractivity contribution >= 4 is 17.7 Å². The number of hydrogen-bond acceptors (Lipinski definition) is 8. The molecule has 0 saturated carbocycles. The van der Waals surface area contributed by atoms with Crippen molar-refractivity contribution < 1.29 is 31.5 Å². The molecule has 0 amide bonds. The molecule has 1 aliphatic rings. The van der Waals surface area contributed by atoms with E-state index >= 15 is 0 Å². The molecule has 1 aliphatic heterocycles. The fourth-order valence-electron chi connectivity index (χ4n) is 4.49. The Morgan fingerprint density at radius 3 is 2.51 bits per heavy atom. The van der Waals surface area contributed by atoms with Crippen molar-refractivity contribution in [3.05, 3.63) is 69.7 Å². The maximum absolute atomic E-state index is 14.1. The van der Waals surface area contributed by atoms with Crippen molar-refractivity contribution in [2.45, 2.75) is 46.3 Å². The fourth-order valence-corrected chi connectivity index (χ4v) is 4.49. The Balaban J connectivity index is 1.53. The third-order valence-corrected chi connectivity index (χ3v) is 6.69. The highest BCUT2D eigenvalue weighted by atomic mass is 19.4. The molecule has 13 heteroatoms. The van der Waals surface area contributed by atoms with E-state index < -0.39 is 35.0 Å². The summed E-state index contributed by atoms with van der Waals surface area (Å²) >= 11 is 0. The largest absolute Gasteiger partial charge is 0.462 e. The number of esters is 1. The summed E-state index contributed by atoms with van der Waals surface area (Å²) in [5, 5.41) is 8.66. The van der Waals surface area contributed by atoms with Crippen LogP contribution in [0.4, 0.5) is 33.7 Å². The maximum Gasteiger partial charge on any atom is 0.434 e. The van der Waals surface area contributed by atoms with Crippen LogP contribution in [0.25, 0.3) is 0 Å². The highest BCUT2D eigenvalue weighted by Gasteiger charge is 2.40. The third kappa shape index (κ3) is 5.91. The molecule has 0 spiro atoms. The Morgan fingerprint density at radius 2 is 1.87 bits per heavy atom. The summed E-state index contributed by atoms with van der Waals surface area (Å²) < 4.78 is 73.2. The highest BCUT2D eigenvalue weighted by molar-refractivity contribution is 5.90. The van der Waals surface area contributed by atoms with Gasteiger partial charge in [0.25, 0.3) is 0 Å². The van der Waals surface area contributed by atoms with Gasteiger partial charge in [0.15, 0.2) is 11.5 Å². The SMILES string of the molecule is CCOC(=O)c1cnc(N2CCN(c3nnc(Cc4ccc(F)cc4F)c(C)c3C)C[C@H]2C)nc1C(F)(F)F. The minimum atomic E-state index is -4.87. The number of rotatable bonds is 6. The molecule has 2 aromatic heterocycles. The van der Waals surface area contributed by atoms with E-state index in [1.165, 1.54) is 19.1 Å². The van der Waals surface area contributed by atoms with Crippen molar-refractivity contribution in [1.82, 2.24) is 20.2 Å². The summed E-state index contributed by atoms with van der Waals surface area (Å²) in [7, 11) is 0. The van der Waals surface area contributed by atoms with Crippen LogP contribution < -0.4 is 9.80 Å². The van der Waals surface area contributed by atoms with Crippen LogP contribution in [0.15, 0.2) is 24.4 Å². The predicted octanol–water partition coefficient (Wildman–Crippen LogP) is 4.66. The minimum absolute atomic E-state index is 0.0806. The molecule has 208 valence electrons. The molecule has 39 heavy (non-hydrogen) atoms. The number of nitrogens with zero attached hydrogens (tertiary/aromatic N) is 6. The Labute approximate surface area is 221 Å². The Kier molecular flexibility index (Phi) is 7.98. The van der Waals surface area contributed by atoms with Gasteiger partial charge in [-0.3, -0.25) is 0 Å². The zero-order valence-electron chi connectivity index (χ0n) is 21.8. The van der Waals surface area contributed by atoms with Gasteiger partial charge >= 0.3 is 12.1 Å². The van der Waals surface area contributed by atoms with Gasteiger partial charge in [-0.15, -0.1) is 5.10 Å². The van der Waals surface area contributed by atoms with Crippen molar-refractivity contribution in [3.8, 4) is 0 Å². The summed E-state index contributed by atoms with van der Waals surface area (Å²) in [5.41, 5.74) is 0.426. The van der Waals surface area contributed by atoms with E-state index in [4.69, 9.17) is 4.74 Å². The van der Waals surface area contributed by atoms with E-state index in [2.05, 4.69) is 20.2 Å². The molecule has 1 aromatic carbocycles. The summed E-state index contributed by atoms with van der Waals surface area (Å²) in [6.07, 6.45) is -3.87. The minimum Gasteiger partial charge on any atom is -0.462 e. The lowest BCUT2D eigenvalue weighted by Gasteiger charge is -2.41. The Hall–Kier alpha value is -3.90. The number of hydrogen-bond donors (Lipinski definition) is 0. The van der Waals surface area contributed by atoms with E-state index in [9.17, 15) is 26.7 Å². The van der Waals surface area contributed by atoms with Crippen LogP contribution >= 0.6 is 0 Å². The molecule has 1 saturated heterocycles. The summed E-state index contributed by atoms with van der Waals surface area (Å²) in [6, 6.07) is 3.09. The van der Waals surface area contributed by atoms with Gasteiger partial charge in [0.1, 0.15) is 17.2 Å². The first-order valence-corrected chi connectivity index (χ1v) is 12.3. The van der Waals surface area contributed by atoms with Gasteiger partial charge in [-0.2, -0.15) is 18.3 Å². The van der Waals surface area contributed by atoms with Crippen LogP contribution in [0.3, 0.4) is 0 Å². The second-order valence-electron chi connectivity index (χ2n) is 9.27. The molecule has 8 nitrogen and oxygen atoms in total. The van der Waals surface area contributed by atoms with Crippen molar-refractivity contribution in [3.63, 3.8) is 0 Å².